The highest BCUT2D eigenvalue weighted by molar-refractivity contribution is 6.46. The number of likely N-dealkylation sites (tertiary alicyclic amines) is 1. The second-order valence-electron chi connectivity index (χ2n) is 9.51. The molecule has 1 N–H and O–H groups in total. The van der Waals surface area contributed by atoms with E-state index in [0.717, 1.165) is 21.9 Å². The van der Waals surface area contributed by atoms with Gasteiger partial charge in [-0.15, -0.1) is 0 Å². The molecule has 0 saturated carbocycles. The first-order valence-corrected chi connectivity index (χ1v) is 11.9. The number of carbonyl (C=O) groups excluding carboxylic acids is 2. The predicted octanol–water partition coefficient (Wildman–Crippen LogP) is 4.92. The van der Waals surface area contributed by atoms with Crippen molar-refractivity contribution < 1.29 is 19.4 Å². The van der Waals surface area contributed by atoms with Crippen LogP contribution in [0, 0.1) is 6.92 Å². The molecule has 0 bridgehead atoms. The lowest BCUT2D eigenvalue weighted by molar-refractivity contribution is -0.140. The number of amides is 1. The highest BCUT2D eigenvalue weighted by Crippen LogP contribution is 2.42. The minimum atomic E-state index is -0.687. The molecule has 1 aliphatic rings. The summed E-state index contributed by atoms with van der Waals surface area (Å²) in [6, 6.07) is 18.4. The van der Waals surface area contributed by atoms with Crippen molar-refractivity contribution in [2.45, 2.75) is 32.9 Å². The molecule has 1 atom stereocenters. The Morgan fingerprint density at radius 2 is 1.77 bits per heavy atom. The number of ether oxygens (including phenoxy) is 1. The van der Waals surface area contributed by atoms with E-state index in [9.17, 15) is 14.7 Å². The Morgan fingerprint density at radius 1 is 1.06 bits per heavy atom. The van der Waals surface area contributed by atoms with E-state index in [-0.39, 0.29) is 17.4 Å². The summed E-state index contributed by atoms with van der Waals surface area (Å²) in [6.07, 6.45) is 0.0153. The quantitative estimate of drug-likeness (QED) is 0.300. The minimum absolute atomic E-state index is 0.0153. The monoisotopic (exact) mass is 472 g/mol. The number of rotatable bonds is 7. The number of aliphatic hydroxyl groups excluding tert-OH is 1. The van der Waals surface area contributed by atoms with Gasteiger partial charge in [-0.1, -0.05) is 42.5 Å². The van der Waals surface area contributed by atoms with Crippen molar-refractivity contribution in [3.8, 4) is 5.75 Å². The van der Waals surface area contributed by atoms with Crippen molar-refractivity contribution in [1.82, 2.24) is 9.80 Å². The van der Waals surface area contributed by atoms with Crippen LogP contribution in [0.3, 0.4) is 0 Å². The second-order valence-corrected chi connectivity index (χ2v) is 9.51. The molecule has 1 fully saturated rings. The van der Waals surface area contributed by atoms with Gasteiger partial charge in [0.25, 0.3) is 11.7 Å². The average Bonchev–Trinajstić information content (AvgIpc) is 3.07. The normalized spacial score (nSPS) is 17.7. The average molecular weight is 473 g/mol. The SMILES string of the molecule is Cc1cc(/C(O)=C2/C(=O)C(=O)N(CCN(C)C)C2c2cccc3ccccc23)ccc1OC(C)C. The summed E-state index contributed by atoms with van der Waals surface area (Å²) >= 11 is 0. The summed E-state index contributed by atoms with van der Waals surface area (Å²) in [4.78, 5) is 30.1. The molecule has 182 valence electrons. The molecule has 4 rings (SSSR count). The summed E-state index contributed by atoms with van der Waals surface area (Å²) in [5, 5.41) is 13.4. The Labute approximate surface area is 206 Å². The molecule has 1 amide bonds. The third kappa shape index (κ3) is 4.80. The van der Waals surface area contributed by atoms with Gasteiger partial charge in [-0.25, -0.2) is 0 Å². The fourth-order valence-corrected chi connectivity index (χ4v) is 4.57. The molecule has 3 aromatic rings. The summed E-state index contributed by atoms with van der Waals surface area (Å²) in [7, 11) is 3.85. The van der Waals surface area contributed by atoms with Crippen LogP contribution in [-0.2, 0) is 9.59 Å². The molecule has 1 saturated heterocycles. The highest BCUT2D eigenvalue weighted by Gasteiger charge is 2.46. The maximum Gasteiger partial charge on any atom is 0.295 e. The molecular formula is C29H32N2O4. The van der Waals surface area contributed by atoms with Gasteiger partial charge in [0.2, 0.25) is 0 Å². The second kappa shape index (κ2) is 9.92. The van der Waals surface area contributed by atoms with Crippen LogP contribution in [0.2, 0.25) is 0 Å². The van der Waals surface area contributed by atoms with Crippen molar-refractivity contribution >= 4 is 28.2 Å². The third-order valence-corrected chi connectivity index (χ3v) is 6.26. The van der Waals surface area contributed by atoms with Gasteiger partial charge in [-0.05, 0) is 75.0 Å². The lowest BCUT2D eigenvalue weighted by Crippen LogP contribution is -2.35. The lowest BCUT2D eigenvalue weighted by atomic mass is 9.91. The number of aliphatic hydroxyl groups is 1. The van der Waals surface area contributed by atoms with E-state index in [2.05, 4.69) is 0 Å². The van der Waals surface area contributed by atoms with Gasteiger partial charge < -0.3 is 19.6 Å². The van der Waals surface area contributed by atoms with Gasteiger partial charge in [-0.3, -0.25) is 9.59 Å². The van der Waals surface area contributed by atoms with Crippen LogP contribution < -0.4 is 4.74 Å². The molecular weight excluding hydrogens is 440 g/mol. The largest absolute Gasteiger partial charge is 0.507 e. The first-order valence-electron chi connectivity index (χ1n) is 11.9. The number of hydrogen-bond donors (Lipinski definition) is 1. The van der Waals surface area contributed by atoms with Crippen LogP contribution in [0.4, 0.5) is 0 Å². The molecule has 3 aromatic carbocycles. The number of benzene rings is 3. The van der Waals surface area contributed by atoms with E-state index < -0.39 is 17.7 Å². The number of ketones is 1. The van der Waals surface area contributed by atoms with Crippen molar-refractivity contribution in [1.29, 1.82) is 0 Å². The van der Waals surface area contributed by atoms with Gasteiger partial charge >= 0.3 is 0 Å². The number of hydrogen-bond acceptors (Lipinski definition) is 5. The predicted molar refractivity (Wildman–Crippen MR) is 138 cm³/mol. The van der Waals surface area contributed by atoms with E-state index >= 15 is 0 Å². The number of Topliss-reactive ketones (excluding diaryl/α,β-unsaturated/α-hetero) is 1. The fraction of sp³-hybridized carbons (Fsp3) is 0.310. The Kier molecular flexibility index (Phi) is 6.94. The summed E-state index contributed by atoms with van der Waals surface area (Å²) in [5.74, 6) is -0.719. The van der Waals surface area contributed by atoms with Crippen LogP contribution in [0.1, 0.15) is 36.6 Å². The highest BCUT2D eigenvalue weighted by atomic mass is 16.5. The summed E-state index contributed by atoms with van der Waals surface area (Å²) in [6.45, 7) is 6.75. The van der Waals surface area contributed by atoms with Crippen LogP contribution in [0.25, 0.3) is 16.5 Å². The fourth-order valence-electron chi connectivity index (χ4n) is 4.57. The first-order chi connectivity index (χ1) is 16.7. The van der Waals surface area contributed by atoms with Gasteiger partial charge in [0.05, 0.1) is 17.7 Å². The number of likely N-dealkylation sites (N-methyl/N-ethyl adjacent to an activating group) is 1. The van der Waals surface area contributed by atoms with Crippen LogP contribution in [0.5, 0.6) is 5.75 Å². The minimum Gasteiger partial charge on any atom is -0.507 e. The molecule has 35 heavy (non-hydrogen) atoms. The van der Waals surface area contributed by atoms with Crippen molar-refractivity contribution in [3.05, 3.63) is 82.9 Å². The summed E-state index contributed by atoms with van der Waals surface area (Å²) < 4.78 is 5.82. The first kappa shape index (κ1) is 24.5. The summed E-state index contributed by atoms with van der Waals surface area (Å²) in [5.41, 5.74) is 2.25. The zero-order valence-electron chi connectivity index (χ0n) is 20.9. The van der Waals surface area contributed by atoms with Crippen molar-refractivity contribution in [2.24, 2.45) is 0 Å². The standard InChI is InChI=1S/C29H32N2O4/c1-18(2)35-24-14-13-21(17-19(24)3)27(32)25-26(31(16-15-30(4)5)29(34)28(25)33)23-12-8-10-20-9-6-7-11-22(20)23/h6-14,17-18,26,32H,15-16H2,1-5H3/b27-25-. The van der Waals surface area contributed by atoms with E-state index in [1.165, 1.54) is 0 Å². The van der Waals surface area contributed by atoms with E-state index in [0.29, 0.717) is 24.4 Å². The zero-order chi connectivity index (χ0) is 25.3. The van der Waals surface area contributed by atoms with E-state index in [1.54, 1.807) is 23.1 Å². The number of aryl methyl sites for hydroxylation is 1. The van der Waals surface area contributed by atoms with Gasteiger partial charge in [-0.2, -0.15) is 0 Å². The van der Waals surface area contributed by atoms with Gasteiger partial charge in [0.1, 0.15) is 11.5 Å². The van der Waals surface area contributed by atoms with E-state index in [4.69, 9.17) is 4.74 Å². The Balaban J connectivity index is 1.89. The maximum atomic E-state index is 13.3. The molecule has 0 aliphatic carbocycles. The van der Waals surface area contributed by atoms with Gasteiger partial charge in [0, 0.05) is 18.7 Å². The number of fused-ring (bicyclic) bond motifs is 1. The van der Waals surface area contributed by atoms with Crippen molar-refractivity contribution in [3.63, 3.8) is 0 Å². The molecule has 1 unspecified atom stereocenters. The lowest BCUT2D eigenvalue weighted by Gasteiger charge is -2.27. The molecule has 1 aliphatic heterocycles. The molecule has 6 nitrogen and oxygen atoms in total. The number of carbonyl (C=O) groups is 2. The Morgan fingerprint density at radius 3 is 2.46 bits per heavy atom. The van der Waals surface area contributed by atoms with Gasteiger partial charge in [0.15, 0.2) is 0 Å². The van der Waals surface area contributed by atoms with Crippen LogP contribution in [-0.4, -0.2) is 59.9 Å². The van der Waals surface area contributed by atoms with E-state index in [1.807, 2.05) is 82.2 Å². The topological polar surface area (TPSA) is 70.1 Å². The van der Waals surface area contributed by atoms with Crippen LogP contribution in [0.15, 0.2) is 66.2 Å². The maximum absolute atomic E-state index is 13.3. The molecule has 6 heteroatoms. The third-order valence-electron chi connectivity index (χ3n) is 6.26. The molecule has 0 radical (unpaired) electrons. The van der Waals surface area contributed by atoms with Crippen molar-refractivity contribution in [2.75, 3.05) is 27.2 Å². The Hall–Kier alpha value is -3.64. The van der Waals surface area contributed by atoms with Crippen LogP contribution >= 0.6 is 0 Å². The molecule has 0 aromatic heterocycles. The Bertz CT molecular complexity index is 1300. The smallest absolute Gasteiger partial charge is 0.295 e. The zero-order valence-corrected chi connectivity index (χ0v) is 20.9. The molecule has 1 heterocycles. The molecule has 0 spiro atoms. The number of nitrogens with zero attached hydrogens (tertiary/aromatic N) is 2.